The molecule has 15 heteroatoms. The summed E-state index contributed by atoms with van der Waals surface area (Å²) in [6, 6.07) is 10.3. The summed E-state index contributed by atoms with van der Waals surface area (Å²) in [4.78, 5) is 76.9. The van der Waals surface area contributed by atoms with E-state index in [2.05, 4.69) is 19.1 Å². The summed E-state index contributed by atoms with van der Waals surface area (Å²) >= 11 is 0. The fourth-order valence-electron chi connectivity index (χ4n) is 0.534. The largest absolute Gasteiger partial charge is 0.822 e. The zero-order chi connectivity index (χ0) is 18.6. The van der Waals surface area contributed by atoms with Gasteiger partial charge in [0.05, 0.1) is 0 Å². The van der Waals surface area contributed by atoms with Crippen molar-refractivity contribution in [2.75, 3.05) is 0 Å². The fraction of sp³-hybridized carbons (Fsp3) is 0.143. The van der Waals surface area contributed by atoms with Crippen molar-refractivity contribution >= 4 is 23.5 Å². The molecule has 0 amide bonds. The van der Waals surface area contributed by atoms with Crippen molar-refractivity contribution in [1.29, 1.82) is 0 Å². The number of rotatable bonds is 0. The Kier molecular flexibility index (Phi) is 14.5. The molecule has 0 saturated heterocycles. The first-order valence-corrected chi connectivity index (χ1v) is 8.98. The van der Waals surface area contributed by atoms with E-state index < -0.39 is 23.5 Å². The van der Waals surface area contributed by atoms with Gasteiger partial charge in [0.25, 0.3) is 0 Å². The SMILES string of the molecule is Cc1ccccc1.O=P([O-])([O-])[O-].O=P([O-])([O-])[O-].O=P([O-])([O-])[O-]. The first-order chi connectivity index (χ1) is 9.39. The molecule has 1 aromatic rings. The Morgan fingerprint density at radius 2 is 0.773 bits per heavy atom. The third-order valence-electron chi connectivity index (χ3n) is 0.940. The van der Waals surface area contributed by atoms with Crippen LogP contribution in [-0.2, 0) is 13.7 Å². The number of phosphoric acid groups is 3. The van der Waals surface area contributed by atoms with Gasteiger partial charge in [-0.1, -0.05) is 35.9 Å². The van der Waals surface area contributed by atoms with Gasteiger partial charge in [0.15, 0.2) is 0 Å². The lowest BCUT2D eigenvalue weighted by atomic mass is 10.2. The molecule has 0 aromatic heterocycles. The summed E-state index contributed by atoms with van der Waals surface area (Å²) in [5.74, 6) is 0. The first-order valence-electron chi connectivity index (χ1n) is 4.60. The summed E-state index contributed by atoms with van der Waals surface area (Å²) in [5, 5.41) is 0. The van der Waals surface area contributed by atoms with Crippen LogP contribution in [0.25, 0.3) is 0 Å². The number of hydrogen-bond donors (Lipinski definition) is 0. The zero-order valence-electron chi connectivity index (χ0n) is 10.6. The molecule has 0 unspecified atom stereocenters. The van der Waals surface area contributed by atoms with Crippen molar-refractivity contribution in [2.24, 2.45) is 0 Å². The van der Waals surface area contributed by atoms with Gasteiger partial charge < -0.3 is 57.7 Å². The maximum Gasteiger partial charge on any atom is -0.0398 e. The minimum absolute atomic E-state index is 1.32. The molecule has 0 aliphatic carbocycles. The lowest BCUT2D eigenvalue weighted by Gasteiger charge is -2.36. The highest BCUT2D eigenvalue weighted by molar-refractivity contribution is 7.40. The third kappa shape index (κ3) is 118. The van der Waals surface area contributed by atoms with Crippen LogP contribution in [0, 0.1) is 6.92 Å². The summed E-state index contributed by atoms with van der Waals surface area (Å²) in [7, 11) is -16.2. The molecule has 0 saturated carbocycles. The molecule has 0 bridgehead atoms. The van der Waals surface area contributed by atoms with Gasteiger partial charge in [-0.3, -0.25) is 0 Å². The number of benzene rings is 1. The number of hydrogen-bond acceptors (Lipinski definition) is 12. The van der Waals surface area contributed by atoms with E-state index in [9.17, 15) is 0 Å². The van der Waals surface area contributed by atoms with E-state index in [4.69, 9.17) is 57.7 Å². The normalized spacial score (nSPS) is 10.8. The van der Waals surface area contributed by atoms with Crippen LogP contribution < -0.4 is 44.0 Å². The molecule has 132 valence electrons. The van der Waals surface area contributed by atoms with E-state index in [0.29, 0.717) is 0 Å². The van der Waals surface area contributed by atoms with E-state index in [1.807, 2.05) is 18.2 Å². The summed E-state index contributed by atoms with van der Waals surface area (Å²) in [6.45, 7) is 2.08. The van der Waals surface area contributed by atoms with Gasteiger partial charge >= 0.3 is 0 Å². The smallest absolute Gasteiger partial charge is 0.0398 e. The second-order valence-corrected chi connectivity index (χ2v) is 5.68. The Morgan fingerprint density at radius 1 is 0.591 bits per heavy atom. The highest BCUT2D eigenvalue weighted by Gasteiger charge is 1.72. The van der Waals surface area contributed by atoms with Crippen molar-refractivity contribution in [3.8, 4) is 0 Å². The molecule has 0 radical (unpaired) electrons. The maximum absolute atomic E-state index is 8.55. The molecule has 0 atom stereocenters. The molecule has 0 heterocycles. The molecule has 12 nitrogen and oxygen atoms in total. The molecule has 0 aliphatic heterocycles. The van der Waals surface area contributed by atoms with E-state index >= 15 is 0 Å². The van der Waals surface area contributed by atoms with Crippen molar-refractivity contribution in [3.05, 3.63) is 35.9 Å². The topological polar surface area (TPSA) is 259 Å². The van der Waals surface area contributed by atoms with Crippen LogP contribution in [0.5, 0.6) is 0 Å². The Hall–Kier alpha value is -0.450. The van der Waals surface area contributed by atoms with Gasteiger partial charge in [-0.2, -0.15) is 23.5 Å². The van der Waals surface area contributed by atoms with Gasteiger partial charge in [0.2, 0.25) is 0 Å². The lowest BCUT2D eigenvalue weighted by molar-refractivity contribution is -0.434. The van der Waals surface area contributed by atoms with E-state index in [-0.39, 0.29) is 0 Å². The van der Waals surface area contributed by atoms with Gasteiger partial charge in [-0.25, -0.2) is 0 Å². The zero-order valence-corrected chi connectivity index (χ0v) is 13.3. The van der Waals surface area contributed by atoms with Crippen LogP contribution in [0.2, 0.25) is 0 Å². The van der Waals surface area contributed by atoms with Gasteiger partial charge in [-0.05, 0) is 6.92 Å². The average Bonchev–Trinajstić information content (AvgIpc) is 2.09. The predicted octanol–water partition coefficient (Wildman–Crippen LogP) is -6.48. The Labute approximate surface area is 125 Å². The predicted molar refractivity (Wildman–Crippen MR) is 54.0 cm³/mol. The maximum atomic E-state index is 8.55. The van der Waals surface area contributed by atoms with Crippen LogP contribution in [-0.4, -0.2) is 0 Å². The molecule has 1 rings (SSSR count). The molecule has 22 heavy (non-hydrogen) atoms. The van der Waals surface area contributed by atoms with Crippen molar-refractivity contribution in [3.63, 3.8) is 0 Å². The molecule has 0 N–H and O–H groups in total. The summed E-state index contributed by atoms with van der Waals surface area (Å²) in [6.07, 6.45) is 0. The lowest BCUT2D eigenvalue weighted by Crippen LogP contribution is -2.24. The highest BCUT2D eigenvalue weighted by atomic mass is 31.2. The van der Waals surface area contributed by atoms with Crippen LogP contribution in [0.4, 0.5) is 0 Å². The minimum atomic E-state index is -5.39. The van der Waals surface area contributed by atoms with E-state index in [1.165, 1.54) is 5.56 Å². The standard InChI is InChI=1S/C7H8.3H3O4P/c1-7-5-3-2-4-6-7;3*1-5(2,3)4/h2-6H,1H3;3*(H3,1,2,3,4)/p-9. The van der Waals surface area contributed by atoms with Crippen LogP contribution >= 0.6 is 23.5 Å². The first kappa shape index (κ1) is 26.4. The molecule has 0 aliphatic rings. The van der Waals surface area contributed by atoms with Crippen LogP contribution in [0.15, 0.2) is 30.3 Å². The average molecular weight is 377 g/mol. The molecule has 0 fully saturated rings. The molecular formula is C7H8O12P3-9. The molecule has 0 spiro atoms. The monoisotopic (exact) mass is 377 g/mol. The second kappa shape index (κ2) is 12.0. The Morgan fingerprint density at radius 3 is 0.864 bits per heavy atom. The minimum Gasteiger partial charge on any atom is -0.822 e. The Balaban J connectivity index is -0.000000223. The summed E-state index contributed by atoms with van der Waals surface area (Å²) < 4.78 is 25.6. The van der Waals surface area contributed by atoms with E-state index in [0.717, 1.165) is 0 Å². The number of aryl methyl sites for hydroxylation is 1. The molecule has 1 aromatic carbocycles. The van der Waals surface area contributed by atoms with E-state index in [1.54, 1.807) is 0 Å². The summed E-state index contributed by atoms with van der Waals surface area (Å²) in [5.41, 5.74) is 1.32. The van der Waals surface area contributed by atoms with Crippen molar-refractivity contribution in [1.82, 2.24) is 0 Å². The third-order valence-corrected chi connectivity index (χ3v) is 0.940. The van der Waals surface area contributed by atoms with Crippen LogP contribution in [0.1, 0.15) is 5.56 Å². The molecular weight excluding hydrogens is 369 g/mol. The highest BCUT2D eigenvalue weighted by Crippen LogP contribution is 2.04. The fourth-order valence-corrected chi connectivity index (χ4v) is 0.534. The Bertz CT molecular complexity index is 440. The van der Waals surface area contributed by atoms with Crippen LogP contribution in [0.3, 0.4) is 0 Å². The quantitative estimate of drug-likeness (QED) is 0.382. The van der Waals surface area contributed by atoms with Crippen molar-refractivity contribution < 1.29 is 57.7 Å². The van der Waals surface area contributed by atoms with Gasteiger partial charge in [0.1, 0.15) is 0 Å². The second-order valence-electron chi connectivity index (χ2n) is 3.00. The van der Waals surface area contributed by atoms with Gasteiger partial charge in [-0.15, -0.1) is 0 Å². The van der Waals surface area contributed by atoms with Gasteiger partial charge in [0, 0.05) is 0 Å². The van der Waals surface area contributed by atoms with Crippen molar-refractivity contribution in [2.45, 2.75) is 6.92 Å².